The van der Waals surface area contributed by atoms with Crippen LogP contribution in [0.3, 0.4) is 0 Å². The van der Waals surface area contributed by atoms with Gasteiger partial charge in [-0.05, 0) is 37.6 Å². The van der Waals surface area contributed by atoms with E-state index in [9.17, 15) is 4.79 Å². The molecule has 0 saturated carbocycles. The van der Waals surface area contributed by atoms with Gasteiger partial charge in [0, 0.05) is 23.1 Å². The number of rotatable bonds is 3. The third-order valence-electron chi connectivity index (χ3n) is 3.81. The Hall–Kier alpha value is -2.55. The quantitative estimate of drug-likeness (QED) is 0.768. The Morgan fingerprint density at radius 2 is 1.71 bits per heavy atom. The van der Waals surface area contributed by atoms with Gasteiger partial charge in [0.25, 0.3) is 5.91 Å². The van der Waals surface area contributed by atoms with Crippen molar-refractivity contribution in [2.75, 3.05) is 11.4 Å². The summed E-state index contributed by atoms with van der Waals surface area (Å²) in [5.74, 6) is 0.0115. The predicted molar refractivity (Wildman–Crippen MR) is 86.8 cm³/mol. The Morgan fingerprint density at radius 3 is 2.38 bits per heavy atom. The van der Waals surface area contributed by atoms with Crippen LogP contribution in [0.1, 0.15) is 23.0 Å². The van der Waals surface area contributed by atoms with Crippen LogP contribution in [-0.2, 0) is 0 Å². The van der Waals surface area contributed by atoms with E-state index in [4.69, 9.17) is 0 Å². The molecule has 0 aliphatic heterocycles. The van der Waals surface area contributed by atoms with Crippen LogP contribution < -0.4 is 4.90 Å². The number of aromatic nitrogens is 1. The first-order valence-corrected chi connectivity index (χ1v) is 7.16. The third kappa shape index (κ3) is 2.31. The van der Waals surface area contributed by atoms with Crippen LogP contribution in [0.15, 0.2) is 54.6 Å². The molecule has 106 valence electrons. The molecule has 3 nitrogen and oxygen atoms in total. The first-order chi connectivity index (χ1) is 10.2. The van der Waals surface area contributed by atoms with E-state index in [1.165, 1.54) is 0 Å². The van der Waals surface area contributed by atoms with Crippen LogP contribution in [0, 0.1) is 6.92 Å². The molecule has 0 unspecified atom stereocenters. The van der Waals surface area contributed by atoms with Crippen molar-refractivity contribution in [3.63, 3.8) is 0 Å². The summed E-state index contributed by atoms with van der Waals surface area (Å²) in [5, 5.41) is 1.10. The monoisotopic (exact) mass is 278 g/mol. The van der Waals surface area contributed by atoms with E-state index in [0.29, 0.717) is 12.2 Å². The van der Waals surface area contributed by atoms with E-state index in [1.807, 2.05) is 68.4 Å². The molecule has 0 aliphatic carbocycles. The number of H-pyrrole nitrogens is 1. The number of nitrogens with one attached hydrogen (secondary N) is 1. The fourth-order valence-electron chi connectivity index (χ4n) is 2.68. The summed E-state index contributed by atoms with van der Waals surface area (Å²) in [6, 6.07) is 17.8. The molecular weight excluding hydrogens is 260 g/mol. The van der Waals surface area contributed by atoms with Crippen molar-refractivity contribution in [1.29, 1.82) is 0 Å². The highest BCUT2D eigenvalue weighted by atomic mass is 16.2. The summed E-state index contributed by atoms with van der Waals surface area (Å²) in [5.41, 5.74) is 3.59. The zero-order valence-corrected chi connectivity index (χ0v) is 12.3. The van der Waals surface area contributed by atoms with Gasteiger partial charge in [0.1, 0.15) is 5.69 Å². The average molecular weight is 278 g/mol. The second kappa shape index (κ2) is 5.44. The van der Waals surface area contributed by atoms with Gasteiger partial charge in [0.2, 0.25) is 0 Å². The number of aryl methyl sites for hydroxylation is 1. The van der Waals surface area contributed by atoms with Gasteiger partial charge in [-0.2, -0.15) is 0 Å². The van der Waals surface area contributed by atoms with Gasteiger partial charge < -0.3 is 9.88 Å². The van der Waals surface area contributed by atoms with Crippen LogP contribution in [0.5, 0.6) is 0 Å². The molecule has 0 atom stereocenters. The van der Waals surface area contributed by atoms with Gasteiger partial charge in [0.05, 0.1) is 0 Å². The van der Waals surface area contributed by atoms with Crippen LogP contribution in [-0.4, -0.2) is 17.4 Å². The van der Waals surface area contributed by atoms with Gasteiger partial charge >= 0.3 is 0 Å². The van der Waals surface area contributed by atoms with E-state index in [1.54, 1.807) is 4.90 Å². The van der Waals surface area contributed by atoms with Crippen LogP contribution in [0.4, 0.5) is 5.69 Å². The van der Waals surface area contributed by atoms with Crippen LogP contribution >= 0.6 is 0 Å². The highest BCUT2D eigenvalue weighted by Crippen LogP contribution is 2.24. The molecular formula is C18H18N2O. The van der Waals surface area contributed by atoms with E-state index in [0.717, 1.165) is 22.2 Å². The highest BCUT2D eigenvalue weighted by Gasteiger charge is 2.20. The van der Waals surface area contributed by atoms with Crippen molar-refractivity contribution in [2.45, 2.75) is 13.8 Å². The second-order valence-corrected chi connectivity index (χ2v) is 5.06. The van der Waals surface area contributed by atoms with E-state index in [-0.39, 0.29) is 5.91 Å². The zero-order chi connectivity index (χ0) is 14.8. The number of nitrogens with zero attached hydrogens (tertiary/aromatic N) is 1. The second-order valence-electron chi connectivity index (χ2n) is 5.06. The van der Waals surface area contributed by atoms with Gasteiger partial charge in [-0.1, -0.05) is 36.4 Å². The Balaban J connectivity index is 2.05. The summed E-state index contributed by atoms with van der Waals surface area (Å²) in [7, 11) is 0. The molecule has 1 aromatic heterocycles. The first-order valence-electron chi connectivity index (χ1n) is 7.16. The molecule has 21 heavy (non-hydrogen) atoms. The van der Waals surface area contributed by atoms with Crippen LogP contribution in [0.25, 0.3) is 10.9 Å². The highest BCUT2D eigenvalue weighted by molar-refractivity contribution is 6.09. The molecule has 3 aromatic rings. The standard InChI is InChI=1S/C18H18N2O/c1-3-20(14-9-5-4-6-10-14)18(21)17-13(2)15-11-7-8-12-16(15)19-17/h4-12,19H,3H2,1-2H3. The lowest BCUT2D eigenvalue weighted by Crippen LogP contribution is -2.31. The number of hydrogen-bond acceptors (Lipinski definition) is 1. The maximum atomic E-state index is 12.9. The first kappa shape index (κ1) is 13.4. The zero-order valence-electron chi connectivity index (χ0n) is 12.3. The van der Waals surface area contributed by atoms with Crippen molar-refractivity contribution in [1.82, 2.24) is 4.98 Å². The van der Waals surface area contributed by atoms with E-state index in [2.05, 4.69) is 4.98 Å². The van der Waals surface area contributed by atoms with Gasteiger partial charge in [-0.25, -0.2) is 0 Å². The normalized spacial score (nSPS) is 10.8. The molecule has 2 aromatic carbocycles. The summed E-state index contributed by atoms with van der Waals surface area (Å²) in [6.07, 6.45) is 0. The molecule has 0 radical (unpaired) electrons. The lowest BCUT2D eigenvalue weighted by atomic mass is 10.1. The van der Waals surface area contributed by atoms with Gasteiger partial charge in [0.15, 0.2) is 0 Å². The van der Waals surface area contributed by atoms with E-state index < -0.39 is 0 Å². The van der Waals surface area contributed by atoms with Crippen molar-refractivity contribution in [3.8, 4) is 0 Å². The number of benzene rings is 2. The maximum absolute atomic E-state index is 12.9. The Morgan fingerprint density at radius 1 is 1.05 bits per heavy atom. The van der Waals surface area contributed by atoms with Gasteiger partial charge in [-0.15, -0.1) is 0 Å². The van der Waals surface area contributed by atoms with Crippen LogP contribution in [0.2, 0.25) is 0 Å². The van der Waals surface area contributed by atoms with Gasteiger partial charge in [-0.3, -0.25) is 4.79 Å². The maximum Gasteiger partial charge on any atom is 0.274 e. The molecule has 0 aliphatic rings. The third-order valence-corrected chi connectivity index (χ3v) is 3.81. The number of aromatic amines is 1. The summed E-state index contributed by atoms with van der Waals surface area (Å²) >= 11 is 0. The largest absolute Gasteiger partial charge is 0.350 e. The summed E-state index contributed by atoms with van der Waals surface area (Å²) in [4.78, 5) is 17.9. The van der Waals surface area contributed by atoms with Crippen molar-refractivity contribution in [2.24, 2.45) is 0 Å². The summed E-state index contributed by atoms with van der Waals surface area (Å²) in [6.45, 7) is 4.62. The smallest absolute Gasteiger partial charge is 0.274 e. The lowest BCUT2D eigenvalue weighted by Gasteiger charge is -2.20. The fourth-order valence-corrected chi connectivity index (χ4v) is 2.68. The molecule has 3 rings (SSSR count). The number of para-hydroxylation sites is 2. The molecule has 1 amide bonds. The molecule has 1 heterocycles. The Bertz CT molecular complexity index is 774. The molecule has 3 heteroatoms. The number of anilines is 1. The number of hydrogen-bond donors (Lipinski definition) is 1. The Kier molecular flexibility index (Phi) is 3.48. The number of fused-ring (bicyclic) bond motifs is 1. The summed E-state index contributed by atoms with van der Waals surface area (Å²) < 4.78 is 0. The Labute approximate surface area is 124 Å². The number of carbonyl (C=O) groups excluding carboxylic acids is 1. The molecule has 0 saturated heterocycles. The predicted octanol–water partition coefficient (Wildman–Crippen LogP) is 4.14. The average Bonchev–Trinajstić information content (AvgIpc) is 2.87. The molecule has 0 spiro atoms. The molecule has 0 bridgehead atoms. The lowest BCUT2D eigenvalue weighted by molar-refractivity contribution is 0.0984. The SMILES string of the molecule is CCN(C(=O)c1[nH]c2ccccc2c1C)c1ccccc1. The minimum atomic E-state index is 0.0115. The molecule has 0 fully saturated rings. The molecule has 1 N–H and O–H groups in total. The number of amides is 1. The minimum absolute atomic E-state index is 0.0115. The van der Waals surface area contributed by atoms with Crippen molar-refractivity contribution < 1.29 is 4.79 Å². The topological polar surface area (TPSA) is 36.1 Å². The van der Waals surface area contributed by atoms with Crippen molar-refractivity contribution in [3.05, 3.63) is 65.9 Å². The number of carbonyl (C=O) groups is 1. The van der Waals surface area contributed by atoms with Crippen molar-refractivity contribution >= 4 is 22.5 Å². The fraction of sp³-hybridized carbons (Fsp3) is 0.167. The van der Waals surface area contributed by atoms with E-state index >= 15 is 0 Å². The minimum Gasteiger partial charge on any atom is -0.350 e.